The van der Waals surface area contributed by atoms with E-state index < -0.39 is 0 Å². The van der Waals surface area contributed by atoms with Gasteiger partial charge in [-0.15, -0.1) is 0 Å². The van der Waals surface area contributed by atoms with E-state index in [1.165, 1.54) is 6.20 Å². The summed E-state index contributed by atoms with van der Waals surface area (Å²) in [5, 5.41) is 4.72. The van der Waals surface area contributed by atoms with Crippen molar-refractivity contribution in [2.24, 2.45) is 0 Å². The molecule has 4 aromatic rings. The monoisotopic (exact) mass is 325 g/mol. The van der Waals surface area contributed by atoms with Crippen molar-refractivity contribution in [2.75, 3.05) is 12.4 Å². The van der Waals surface area contributed by atoms with Crippen LogP contribution in [0, 0.1) is 0 Å². The number of para-hydroxylation sites is 1. The van der Waals surface area contributed by atoms with Gasteiger partial charge in [-0.1, -0.05) is 18.2 Å². The van der Waals surface area contributed by atoms with Crippen molar-refractivity contribution in [1.82, 2.24) is 8.75 Å². The van der Waals surface area contributed by atoms with Crippen LogP contribution in [0.3, 0.4) is 0 Å². The van der Waals surface area contributed by atoms with E-state index in [0.717, 1.165) is 28.1 Å². The van der Waals surface area contributed by atoms with Crippen molar-refractivity contribution in [2.45, 2.75) is 0 Å². The molecule has 4 rings (SSSR count). The van der Waals surface area contributed by atoms with E-state index in [1.807, 2.05) is 30.3 Å². The standard InChI is InChI=1S/C16H11N3O3S/c1-21-15-6-10-9-4-2-3-5-13(9)22-14(10)7-11(15)18-16(20)12-8-17-23-19-12/h2-8H,1H3,(H,18,20). The Kier molecular flexibility index (Phi) is 3.20. The van der Waals surface area contributed by atoms with Crippen molar-refractivity contribution >= 4 is 45.3 Å². The molecule has 7 heteroatoms. The van der Waals surface area contributed by atoms with E-state index in [-0.39, 0.29) is 11.6 Å². The Morgan fingerprint density at radius 1 is 1.22 bits per heavy atom. The number of nitrogens with one attached hydrogen (secondary N) is 1. The van der Waals surface area contributed by atoms with Crippen LogP contribution in [0.1, 0.15) is 10.5 Å². The number of amides is 1. The van der Waals surface area contributed by atoms with Crippen LogP contribution in [-0.2, 0) is 0 Å². The highest BCUT2D eigenvalue weighted by Gasteiger charge is 2.16. The van der Waals surface area contributed by atoms with E-state index in [4.69, 9.17) is 9.15 Å². The number of furan rings is 1. The van der Waals surface area contributed by atoms with Crippen LogP contribution in [0.25, 0.3) is 21.9 Å². The minimum absolute atomic E-state index is 0.266. The Balaban J connectivity index is 1.82. The number of carbonyl (C=O) groups excluding carboxylic acids is 1. The number of fused-ring (bicyclic) bond motifs is 3. The minimum Gasteiger partial charge on any atom is -0.495 e. The minimum atomic E-state index is -0.340. The Labute approximate surface area is 135 Å². The van der Waals surface area contributed by atoms with Gasteiger partial charge in [0.15, 0.2) is 5.69 Å². The van der Waals surface area contributed by atoms with Crippen molar-refractivity contribution < 1.29 is 13.9 Å². The first-order valence-electron chi connectivity index (χ1n) is 6.84. The quantitative estimate of drug-likeness (QED) is 0.621. The average molecular weight is 325 g/mol. The van der Waals surface area contributed by atoms with Gasteiger partial charge in [-0.05, 0) is 12.1 Å². The maximum absolute atomic E-state index is 12.2. The van der Waals surface area contributed by atoms with Crippen LogP contribution in [0.4, 0.5) is 5.69 Å². The van der Waals surface area contributed by atoms with Gasteiger partial charge < -0.3 is 14.5 Å². The van der Waals surface area contributed by atoms with Crippen molar-refractivity contribution in [3.63, 3.8) is 0 Å². The number of rotatable bonds is 3. The Hall–Kier alpha value is -2.93. The summed E-state index contributed by atoms with van der Waals surface area (Å²) in [5.41, 5.74) is 2.26. The Morgan fingerprint density at radius 2 is 2.09 bits per heavy atom. The lowest BCUT2D eigenvalue weighted by Gasteiger charge is -2.09. The van der Waals surface area contributed by atoms with E-state index in [0.29, 0.717) is 17.0 Å². The molecule has 0 aliphatic carbocycles. The lowest BCUT2D eigenvalue weighted by Crippen LogP contribution is -2.12. The summed E-state index contributed by atoms with van der Waals surface area (Å²) in [4.78, 5) is 12.2. The second-order valence-corrected chi connectivity index (χ2v) is 5.45. The summed E-state index contributed by atoms with van der Waals surface area (Å²) >= 11 is 0.983. The Morgan fingerprint density at radius 3 is 2.87 bits per heavy atom. The molecule has 6 nitrogen and oxygen atoms in total. The normalized spacial score (nSPS) is 11.0. The van der Waals surface area contributed by atoms with Gasteiger partial charge in [0, 0.05) is 16.8 Å². The van der Waals surface area contributed by atoms with Crippen LogP contribution in [-0.4, -0.2) is 21.8 Å². The van der Waals surface area contributed by atoms with Gasteiger partial charge in [-0.2, -0.15) is 8.75 Å². The van der Waals surface area contributed by atoms with Crippen LogP contribution < -0.4 is 10.1 Å². The highest BCUT2D eigenvalue weighted by molar-refractivity contribution is 6.99. The van der Waals surface area contributed by atoms with Crippen molar-refractivity contribution in [3.05, 3.63) is 48.3 Å². The number of anilines is 1. The number of methoxy groups -OCH3 is 1. The van der Waals surface area contributed by atoms with Gasteiger partial charge in [0.2, 0.25) is 0 Å². The smallest absolute Gasteiger partial charge is 0.277 e. The third-order valence-corrected chi connectivity index (χ3v) is 4.02. The molecule has 0 aliphatic heterocycles. The summed E-state index contributed by atoms with van der Waals surface area (Å²) in [6.45, 7) is 0. The zero-order valence-corrected chi connectivity index (χ0v) is 12.9. The fourth-order valence-corrected chi connectivity index (χ4v) is 2.88. The molecule has 2 heterocycles. The molecule has 114 valence electrons. The third kappa shape index (κ3) is 2.31. The van der Waals surface area contributed by atoms with Gasteiger partial charge in [0.1, 0.15) is 16.9 Å². The fourth-order valence-electron chi connectivity index (χ4n) is 2.47. The van der Waals surface area contributed by atoms with Crippen LogP contribution in [0.15, 0.2) is 47.0 Å². The zero-order chi connectivity index (χ0) is 15.8. The molecule has 0 fully saturated rings. The van der Waals surface area contributed by atoms with Gasteiger partial charge in [-0.3, -0.25) is 4.79 Å². The molecule has 1 N–H and O–H groups in total. The van der Waals surface area contributed by atoms with E-state index >= 15 is 0 Å². The molecule has 2 aromatic carbocycles. The SMILES string of the molecule is COc1cc2c(cc1NC(=O)c1cnsn1)oc1ccccc12. The first-order chi connectivity index (χ1) is 11.3. The van der Waals surface area contributed by atoms with Crippen LogP contribution in [0.5, 0.6) is 5.75 Å². The zero-order valence-electron chi connectivity index (χ0n) is 12.1. The van der Waals surface area contributed by atoms with Crippen LogP contribution >= 0.6 is 11.7 Å². The van der Waals surface area contributed by atoms with E-state index in [1.54, 1.807) is 13.2 Å². The maximum atomic E-state index is 12.2. The molecule has 0 saturated carbocycles. The first-order valence-corrected chi connectivity index (χ1v) is 7.57. The average Bonchev–Trinajstić information content (AvgIpc) is 3.21. The van der Waals surface area contributed by atoms with E-state index in [2.05, 4.69) is 14.1 Å². The molecule has 0 aliphatic rings. The number of ether oxygens (including phenoxy) is 1. The van der Waals surface area contributed by atoms with Crippen molar-refractivity contribution in [3.8, 4) is 5.75 Å². The predicted octanol–water partition coefficient (Wildman–Crippen LogP) is 3.70. The van der Waals surface area contributed by atoms with Crippen LogP contribution in [0.2, 0.25) is 0 Å². The molecule has 0 bridgehead atoms. The molecular formula is C16H11N3O3S. The van der Waals surface area contributed by atoms with Gasteiger partial charge in [0.25, 0.3) is 5.91 Å². The summed E-state index contributed by atoms with van der Waals surface area (Å²) in [7, 11) is 1.56. The molecule has 1 amide bonds. The van der Waals surface area contributed by atoms with Gasteiger partial charge in [-0.25, -0.2) is 0 Å². The first kappa shape index (κ1) is 13.7. The fraction of sp³-hybridized carbons (Fsp3) is 0.0625. The number of benzene rings is 2. The second kappa shape index (κ2) is 5.36. The number of aromatic nitrogens is 2. The lowest BCUT2D eigenvalue weighted by molar-refractivity contribution is 0.102. The maximum Gasteiger partial charge on any atom is 0.277 e. The molecule has 23 heavy (non-hydrogen) atoms. The van der Waals surface area contributed by atoms with Gasteiger partial charge in [0.05, 0.1) is 30.7 Å². The molecule has 0 radical (unpaired) electrons. The number of hydrogen-bond acceptors (Lipinski definition) is 6. The highest BCUT2D eigenvalue weighted by atomic mass is 32.1. The summed E-state index contributed by atoms with van der Waals surface area (Å²) in [6.07, 6.45) is 1.42. The third-order valence-electron chi connectivity index (χ3n) is 3.54. The molecule has 0 spiro atoms. The molecule has 0 atom stereocenters. The summed E-state index contributed by atoms with van der Waals surface area (Å²) in [6, 6.07) is 11.4. The lowest BCUT2D eigenvalue weighted by atomic mass is 10.1. The number of hydrogen-bond donors (Lipinski definition) is 1. The summed E-state index contributed by atoms with van der Waals surface area (Å²) < 4.78 is 19.0. The summed E-state index contributed by atoms with van der Waals surface area (Å²) in [5.74, 6) is 0.216. The van der Waals surface area contributed by atoms with Crippen molar-refractivity contribution in [1.29, 1.82) is 0 Å². The Bertz CT molecular complexity index is 1010. The molecule has 0 saturated heterocycles. The van der Waals surface area contributed by atoms with E-state index in [9.17, 15) is 4.79 Å². The number of nitrogens with zero attached hydrogens (tertiary/aromatic N) is 2. The highest BCUT2D eigenvalue weighted by Crippen LogP contribution is 2.36. The largest absolute Gasteiger partial charge is 0.495 e. The molecular weight excluding hydrogens is 314 g/mol. The molecule has 2 aromatic heterocycles. The second-order valence-electron chi connectivity index (χ2n) is 4.89. The van der Waals surface area contributed by atoms with Gasteiger partial charge >= 0.3 is 0 Å². The number of carbonyl (C=O) groups is 1. The molecule has 0 unspecified atom stereocenters. The predicted molar refractivity (Wildman–Crippen MR) is 88.1 cm³/mol. The topological polar surface area (TPSA) is 77.2 Å².